The molecule has 2 nitrogen and oxygen atoms in total. The van der Waals surface area contributed by atoms with Crippen LogP contribution in [-0.4, -0.2) is 34.0 Å². The molecule has 0 saturated carbocycles. The first-order valence-electron chi connectivity index (χ1n) is 5.67. The van der Waals surface area contributed by atoms with Crippen LogP contribution in [0.3, 0.4) is 0 Å². The summed E-state index contributed by atoms with van der Waals surface area (Å²) in [6, 6.07) is 1.32. The predicted molar refractivity (Wildman–Crippen MR) is 69.4 cm³/mol. The summed E-state index contributed by atoms with van der Waals surface area (Å²) in [5.41, 5.74) is 0. The molecule has 0 heterocycles. The highest BCUT2D eigenvalue weighted by Crippen LogP contribution is 2.10. The van der Waals surface area contributed by atoms with Gasteiger partial charge >= 0.3 is 0 Å². The number of hydrogen-bond acceptors (Lipinski definition) is 2. The van der Waals surface area contributed by atoms with Gasteiger partial charge < -0.3 is 9.47 Å². The predicted octanol–water partition coefficient (Wildman–Crippen LogP) is 3.58. The molecule has 15 heavy (non-hydrogen) atoms. The maximum absolute atomic E-state index is 5.65. The highest BCUT2D eigenvalue weighted by atomic mass is 35.5. The van der Waals surface area contributed by atoms with Crippen LogP contribution in [0.5, 0.6) is 0 Å². The van der Waals surface area contributed by atoms with Crippen molar-refractivity contribution in [2.75, 3.05) is 25.9 Å². The molecule has 0 aliphatic carbocycles. The monoisotopic (exact) mass is 252 g/mol. The molecule has 0 aromatic carbocycles. The zero-order valence-electron chi connectivity index (χ0n) is 10.5. The molecule has 0 spiro atoms. The average molecular weight is 253 g/mol. The Balaban J connectivity index is 3.12. The van der Waals surface area contributed by atoms with Crippen molar-refractivity contribution >= 4 is 19.7 Å². The van der Waals surface area contributed by atoms with E-state index in [2.05, 4.69) is 26.6 Å². The first-order valence-corrected chi connectivity index (χ1v) is 9.91. The van der Waals surface area contributed by atoms with Gasteiger partial charge in [0.15, 0.2) is 0 Å². The van der Waals surface area contributed by atoms with Crippen LogP contribution in [0.1, 0.15) is 13.3 Å². The Kier molecular flexibility index (Phi) is 8.81. The van der Waals surface area contributed by atoms with Crippen LogP contribution < -0.4 is 0 Å². The van der Waals surface area contributed by atoms with Crippen molar-refractivity contribution in [1.82, 2.24) is 0 Å². The van der Waals surface area contributed by atoms with Crippen molar-refractivity contribution in [3.8, 4) is 0 Å². The maximum Gasteiger partial charge on any atom is 0.146 e. The van der Waals surface area contributed by atoms with E-state index in [1.54, 1.807) is 0 Å². The molecule has 0 amide bonds. The van der Waals surface area contributed by atoms with Crippen molar-refractivity contribution in [2.24, 2.45) is 5.92 Å². The fourth-order valence-corrected chi connectivity index (χ4v) is 2.41. The Morgan fingerprint density at radius 1 is 1.20 bits per heavy atom. The minimum Gasteiger partial charge on any atom is -0.355 e. The van der Waals surface area contributed by atoms with Crippen molar-refractivity contribution < 1.29 is 9.47 Å². The summed E-state index contributed by atoms with van der Waals surface area (Å²) in [5, 5.41) is 0. The second-order valence-corrected chi connectivity index (χ2v) is 11.3. The van der Waals surface area contributed by atoms with Gasteiger partial charge in [0.2, 0.25) is 0 Å². The highest BCUT2D eigenvalue weighted by Gasteiger charge is 2.11. The van der Waals surface area contributed by atoms with Gasteiger partial charge in [-0.05, 0) is 12.3 Å². The van der Waals surface area contributed by atoms with E-state index >= 15 is 0 Å². The summed E-state index contributed by atoms with van der Waals surface area (Å²) in [5.74, 6) is 1.06. The van der Waals surface area contributed by atoms with Crippen LogP contribution >= 0.6 is 11.6 Å². The molecule has 0 saturated heterocycles. The molecule has 0 aliphatic heterocycles. The summed E-state index contributed by atoms with van der Waals surface area (Å²) in [7, 11) is -0.888. The number of rotatable bonds is 9. The van der Waals surface area contributed by atoms with Gasteiger partial charge in [-0.15, -0.1) is 11.6 Å². The van der Waals surface area contributed by atoms with E-state index in [1.165, 1.54) is 6.04 Å². The van der Waals surface area contributed by atoms with E-state index < -0.39 is 8.07 Å². The van der Waals surface area contributed by atoms with E-state index in [9.17, 15) is 0 Å². The lowest BCUT2D eigenvalue weighted by molar-refractivity contribution is -0.0609. The fraction of sp³-hybridized carbons (Fsp3) is 1.00. The van der Waals surface area contributed by atoms with Gasteiger partial charge in [0.25, 0.3) is 0 Å². The van der Waals surface area contributed by atoms with Crippen LogP contribution in [0.2, 0.25) is 25.7 Å². The molecule has 0 aromatic heterocycles. The standard InChI is InChI=1S/C11H25ClO2Si/c1-11(8-12)9-14-10-13-6-5-7-15(2,3)4/h11H,5-10H2,1-4H3. The largest absolute Gasteiger partial charge is 0.355 e. The van der Waals surface area contributed by atoms with Crippen LogP contribution in [0, 0.1) is 5.92 Å². The molecular formula is C11H25ClO2Si. The van der Waals surface area contributed by atoms with Gasteiger partial charge in [-0.2, -0.15) is 0 Å². The Morgan fingerprint density at radius 2 is 1.87 bits per heavy atom. The quantitative estimate of drug-likeness (QED) is 0.270. The molecule has 4 heteroatoms. The second-order valence-electron chi connectivity index (χ2n) is 5.32. The number of hydrogen-bond donors (Lipinski definition) is 0. The molecule has 1 unspecified atom stereocenters. The molecule has 0 N–H and O–H groups in total. The number of ether oxygens (including phenoxy) is 2. The molecule has 1 atom stereocenters. The smallest absolute Gasteiger partial charge is 0.146 e. The van der Waals surface area contributed by atoms with E-state index in [0.29, 0.717) is 25.2 Å². The second kappa shape index (κ2) is 8.56. The van der Waals surface area contributed by atoms with Gasteiger partial charge in [-0.1, -0.05) is 32.6 Å². The van der Waals surface area contributed by atoms with Crippen LogP contribution in [0.15, 0.2) is 0 Å². The SMILES string of the molecule is CC(CCl)COCOCCC[Si](C)(C)C. The third kappa shape index (κ3) is 12.4. The summed E-state index contributed by atoms with van der Waals surface area (Å²) in [6.45, 7) is 11.1. The summed E-state index contributed by atoms with van der Waals surface area (Å²) >= 11 is 5.65. The molecule has 0 aliphatic rings. The molecule has 0 fully saturated rings. The fourth-order valence-electron chi connectivity index (χ4n) is 1.12. The lowest BCUT2D eigenvalue weighted by atomic mass is 10.2. The Bertz CT molecular complexity index is 148. The third-order valence-corrected chi connectivity index (χ3v) is 4.43. The van der Waals surface area contributed by atoms with Crippen LogP contribution in [0.4, 0.5) is 0 Å². The average Bonchev–Trinajstić information content (AvgIpc) is 2.14. The van der Waals surface area contributed by atoms with Gasteiger partial charge in [-0.3, -0.25) is 0 Å². The van der Waals surface area contributed by atoms with Crippen molar-refractivity contribution in [3.05, 3.63) is 0 Å². The maximum atomic E-state index is 5.65. The Hall–Kier alpha value is 0.427. The van der Waals surface area contributed by atoms with Crippen molar-refractivity contribution in [1.29, 1.82) is 0 Å². The third-order valence-electron chi connectivity index (χ3n) is 2.05. The van der Waals surface area contributed by atoms with Crippen LogP contribution in [0.25, 0.3) is 0 Å². The number of alkyl halides is 1. The van der Waals surface area contributed by atoms with Crippen molar-refractivity contribution in [2.45, 2.75) is 39.0 Å². The first kappa shape index (κ1) is 15.4. The molecule has 0 aromatic rings. The lowest BCUT2D eigenvalue weighted by Gasteiger charge is -2.15. The van der Waals surface area contributed by atoms with E-state index in [0.717, 1.165) is 13.0 Å². The van der Waals surface area contributed by atoms with Crippen LogP contribution in [-0.2, 0) is 9.47 Å². The summed E-state index contributed by atoms with van der Waals surface area (Å²) < 4.78 is 10.7. The lowest BCUT2D eigenvalue weighted by Crippen LogP contribution is -2.19. The van der Waals surface area contributed by atoms with Gasteiger partial charge in [-0.25, -0.2) is 0 Å². The zero-order valence-corrected chi connectivity index (χ0v) is 12.3. The van der Waals surface area contributed by atoms with Gasteiger partial charge in [0.1, 0.15) is 6.79 Å². The highest BCUT2D eigenvalue weighted by molar-refractivity contribution is 6.76. The topological polar surface area (TPSA) is 18.5 Å². The van der Waals surface area contributed by atoms with E-state index in [-0.39, 0.29) is 0 Å². The first-order chi connectivity index (χ1) is 6.95. The van der Waals surface area contributed by atoms with Crippen molar-refractivity contribution in [3.63, 3.8) is 0 Å². The minimum absolute atomic E-state index is 0.410. The normalized spacial score (nSPS) is 14.2. The minimum atomic E-state index is -0.888. The molecule has 92 valence electrons. The van der Waals surface area contributed by atoms with E-state index in [1.807, 2.05) is 0 Å². The van der Waals surface area contributed by atoms with E-state index in [4.69, 9.17) is 21.1 Å². The molecule has 0 rings (SSSR count). The Morgan fingerprint density at radius 3 is 2.40 bits per heavy atom. The molecule has 0 bridgehead atoms. The summed E-state index contributed by atoms with van der Waals surface area (Å²) in [6.07, 6.45) is 1.16. The van der Waals surface area contributed by atoms with Gasteiger partial charge in [0, 0.05) is 20.6 Å². The Labute approximate surface area is 100 Å². The number of halogens is 1. The summed E-state index contributed by atoms with van der Waals surface area (Å²) in [4.78, 5) is 0. The molecular weight excluding hydrogens is 228 g/mol. The molecule has 0 radical (unpaired) electrons. The zero-order chi connectivity index (χ0) is 11.7. The van der Waals surface area contributed by atoms with Gasteiger partial charge in [0.05, 0.1) is 6.61 Å².